The number of hydrogen-bond donors (Lipinski definition) is 2. The third kappa shape index (κ3) is 5.48. The van der Waals surface area contributed by atoms with E-state index in [1.54, 1.807) is 30.3 Å². The molecule has 2 aromatic carbocycles. The lowest BCUT2D eigenvalue weighted by Crippen LogP contribution is -2.29. The molecule has 0 atom stereocenters. The topological polar surface area (TPSA) is 108 Å². The summed E-state index contributed by atoms with van der Waals surface area (Å²) in [5.41, 5.74) is 2.21. The van der Waals surface area contributed by atoms with Crippen LogP contribution in [-0.4, -0.2) is 60.9 Å². The van der Waals surface area contributed by atoms with Crippen LogP contribution in [0.25, 0.3) is 0 Å². The first-order valence-corrected chi connectivity index (χ1v) is 11.3. The number of nitrogens with zero attached hydrogens (tertiary/aromatic N) is 3. The molecule has 2 N–H and O–H groups in total. The summed E-state index contributed by atoms with van der Waals surface area (Å²) in [6, 6.07) is 10.0. The van der Waals surface area contributed by atoms with E-state index in [9.17, 15) is 19.7 Å². The molecule has 174 valence electrons. The fourth-order valence-corrected chi connectivity index (χ4v) is 3.95. The van der Waals surface area contributed by atoms with E-state index in [4.69, 9.17) is 0 Å². The van der Waals surface area contributed by atoms with Gasteiger partial charge < -0.3 is 20.4 Å². The van der Waals surface area contributed by atoms with Crippen molar-refractivity contribution in [3.05, 3.63) is 63.2 Å². The lowest BCUT2D eigenvalue weighted by Gasteiger charge is -2.23. The van der Waals surface area contributed by atoms with Crippen LogP contribution in [0.5, 0.6) is 0 Å². The number of aryl methyl sites for hydroxylation is 1. The summed E-state index contributed by atoms with van der Waals surface area (Å²) in [6.07, 6.45) is 2.94. The van der Waals surface area contributed by atoms with Gasteiger partial charge in [0.15, 0.2) is 0 Å². The molecule has 0 bridgehead atoms. The van der Waals surface area contributed by atoms with E-state index in [0.29, 0.717) is 11.3 Å². The molecular weight excluding hydrogens is 422 g/mol. The van der Waals surface area contributed by atoms with Crippen LogP contribution in [0.15, 0.2) is 36.4 Å². The molecule has 2 aliphatic rings. The normalized spacial score (nSPS) is 16.7. The summed E-state index contributed by atoms with van der Waals surface area (Å²) < 4.78 is 0. The first-order valence-electron chi connectivity index (χ1n) is 11.3. The number of anilines is 2. The molecule has 1 aliphatic heterocycles. The van der Waals surface area contributed by atoms with Crippen LogP contribution in [0.3, 0.4) is 0 Å². The number of hydrogen-bond acceptors (Lipinski definition) is 6. The number of rotatable bonds is 6. The fourth-order valence-electron chi connectivity index (χ4n) is 3.95. The van der Waals surface area contributed by atoms with Gasteiger partial charge >= 0.3 is 0 Å². The van der Waals surface area contributed by atoms with Crippen molar-refractivity contribution in [3.8, 4) is 0 Å². The number of amides is 2. The first-order chi connectivity index (χ1) is 15.8. The number of nitro groups is 1. The van der Waals surface area contributed by atoms with Gasteiger partial charge in [0, 0.05) is 48.7 Å². The van der Waals surface area contributed by atoms with Crippen molar-refractivity contribution in [2.75, 3.05) is 43.4 Å². The number of benzene rings is 2. The van der Waals surface area contributed by atoms with Gasteiger partial charge in [-0.3, -0.25) is 19.7 Å². The third-order valence-corrected chi connectivity index (χ3v) is 6.17. The number of carbonyl (C=O) groups excluding carboxylic acids is 2. The summed E-state index contributed by atoms with van der Waals surface area (Å²) in [7, 11) is 2.07. The number of carbonyl (C=O) groups is 2. The second-order valence-electron chi connectivity index (χ2n) is 8.83. The molecule has 1 heterocycles. The molecule has 0 aromatic heterocycles. The standard InChI is InChI=1S/C24H29N5O4/c1-16-4-5-17(23(30)25-18-6-7-18)14-21(16)26-24(31)20-15-19(8-9-22(20)29(32)33)28-11-3-10-27(2)12-13-28/h4-5,8-9,14-15,18H,3,6-7,10-13H2,1-2H3,(H,25,30)(H,26,31). The molecule has 9 heteroatoms. The van der Waals surface area contributed by atoms with E-state index in [1.165, 1.54) is 6.07 Å². The fraction of sp³-hybridized carbons (Fsp3) is 0.417. The van der Waals surface area contributed by atoms with Gasteiger partial charge in [-0.2, -0.15) is 0 Å². The van der Waals surface area contributed by atoms with Crippen molar-refractivity contribution >= 4 is 28.9 Å². The maximum atomic E-state index is 13.2. The molecule has 9 nitrogen and oxygen atoms in total. The average molecular weight is 452 g/mol. The minimum Gasteiger partial charge on any atom is -0.370 e. The Morgan fingerprint density at radius 1 is 1.03 bits per heavy atom. The Morgan fingerprint density at radius 2 is 1.82 bits per heavy atom. The predicted molar refractivity (Wildman–Crippen MR) is 127 cm³/mol. The van der Waals surface area contributed by atoms with Crippen molar-refractivity contribution in [1.29, 1.82) is 0 Å². The maximum Gasteiger partial charge on any atom is 0.282 e. The molecule has 33 heavy (non-hydrogen) atoms. The van der Waals surface area contributed by atoms with Crippen LogP contribution in [-0.2, 0) is 0 Å². The van der Waals surface area contributed by atoms with Crippen molar-refractivity contribution in [2.24, 2.45) is 0 Å². The lowest BCUT2D eigenvalue weighted by molar-refractivity contribution is -0.385. The molecule has 1 aliphatic carbocycles. The summed E-state index contributed by atoms with van der Waals surface area (Å²) in [5.74, 6) is -0.759. The summed E-state index contributed by atoms with van der Waals surface area (Å²) in [4.78, 5) is 41.1. The highest BCUT2D eigenvalue weighted by Gasteiger charge is 2.25. The number of nitro benzene ring substituents is 1. The SMILES string of the molecule is Cc1ccc(C(=O)NC2CC2)cc1NC(=O)c1cc(N2CCCN(C)CC2)ccc1[N+](=O)[O-]. The van der Waals surface area contributed by atoms with Crippen LogP contribution in [0, 0.1) is 17.0 Å². The van der Waals surface area contributed by atoms with Crippen molar-refractivity contribution in [2.45, 2.75) is 32.2 Å². The van der Waals surface area contributed by atoms with Gasteiger partial charge in [-0.05, 0) is 69.6 Å². The Hall–Kier alpha value is -3.46. The highest BCUT2D eigenvalue weighted by molar-refractivity contribution is 6.08. The van der Waals surface area contributed by atoms with Gasteiger partial charge in [0.25, 0.3) is 17.5 Å². The summed E-state index contributed by atoms with van der Waals surface area (Å²) >= 11 is 0. The Balaban J connectivity index is 1.59. The largest absolute Gasteiger partial charge is 0.370 e. The average Bonchev–Trinajstić information content (AvgIpc) is 3.62. The minimum absolute atomic E-state index is 0.00216. The Kier molecular flexibility index (Phi) is 6.60. The van der Waals surface area contributed by atoms with Gasteiger partial charge in [0.05, 0.1) is 4.92 Å². The molecular formula is C24H29N5O4. The van der Waals surface area contributed by atoms with Gasteiger partial charge in [-0.25, -0.2) is 0 Å². The second kappa shape index (κ2) is 9.58. The molecule has 4 rings (SSSR count). The lowest BCUT2D eigenvalue weighted by atomic mass is 10.1. The van der Waals surface area contributed by atoms with Crippen LogP contribution in [0.4, 0.5) is 17.1 Å². The maximum absolute atomic E-state index is 13.2. The number of likely N-dealkylation sites (N-methyl/N-ethyl adjacent to an activating group) is 1. The quantitative estimate of drug-likeness (QED) is 0.516. The monoisotopic (exact) mass is 451 g/mol. The van der Waals surface area contributed by atoms with E-state index >= 15 is 0 Å². The second-order valence-corrected chi connectivity index (χ2v) is 8.83. The Morgan fingerprint density at radius 3 is 2.55 bits per heavy atom. The van der Waals surface area contributed by atoms with Crippen molar-refractivity contribution in [3.63, 3.8) is 0 Å². The smallest absolute Gasteiger partial charge is 0.282 e. The first kappa shape index (κ1) is 22.7. The molecule has 1 saturated heterocycles. The number of nitrogens with one attached hydrogen (secondary N) is 2. The van der Waals surface area contributed by atoms with E-state index in [2.05, 4.69) is 27.5 Å². The predicted octanol–water partition coefficient (Wildman–Crippen LogP) is 3.19. The molecule has 1 saturated carbocycles. The molecule has 2 fully saturated rings. The molecule has 0 unspecified atom stereocenters. The van der Waals surface area contributed by atoms with Crippen molar-refractivity contribution < 1.29 is 14.5 Å². The van der Waals surface area contributed by atoms with E-state index in [-0.39, 0.29) is 23.2 Å². The van der Waals surface area contributed by atoms with Gasteiger partial charge in [0.1, 0.15) is 5.56 Å². The highest BCUT2D eigenvalue weighted by Crippen LogP contribution is 2.28. The minimum atomic E-state index is -0.571. The van der Waals surface area contributed by atoms with Crippen LogP contribution in [0.2, 0.25) is 0 Å². The van der Waals surface area contributed by atoms with E-state index in [1.807, 2.05) is 6.92 Å². The summed E-state index contributed by atoms with van der Waals surface area (Å²) in [5, 5.41) is 17.3. The van der Waals surface area contributed by atoms with Crippen molar-refractivity contribution in [1.82, 2.24) is 10.2 Å². The molecule has 0 spiro atoms. The van der Waals surface area contributed by atoms with Crippen LogP contribution >= 0.6 is 0 Å². The van der Waals surface area contributed by atoms with Gasteiger partial charge in [-0.1, -0.05) is 6.07 Å². The molecule has 2 aromatic rings. The molecule has 0 radical (unpaired) electrons. The highest BCUT2D eigenvalue weighted by atomic mass is 16.6. The zero-order valence-electron chi connectivity index (χ0n) is 19.0. The van der Waals surface area contributed by atoms with Crippen LogP contribution < -0.4 is 15.5 Å². The van der Waals surface area contributed by atoms with E-state index < -0.39 is 10.8 Å². The third-order valence-electron chi connectivity index (χ3n) is 6.17. The van der Waals surface area contributed by atoms with Gasteiger partial charge in [-0.15, -0.1) is 0 Å². The molecule has 2 amide bonds. The zero-order chi connectivity index (χ0) is 23.5. The summed E-state index contributed by atoms with van der Waals surface area (Å²) in [6.45, 7) is 5.29. The van der Waals surface area contributed by atoms with E-state index in [0.717, 1.165) is 56.7 Å². The Labute approximate surface area is 192 Å². The Bertz CT molecular complexity index is 1080. The van der Waals surface area contributed by atoms with Crippen LogP contribution in [0.1, 0.15) is 45.5 Å². The van der Waals surface area contributed by atoms with Gasteiger partial charge in [0.2, 0.25) is 0 Å². The zero-order valence-corrected chi connectivity index (χ0v) is 19.0.